The molecular weight excluding hydrogens is 327 g/mol. The second-order valence-electron chi connectivity index (χ2n) is 5.55. The van der Waals surface area contributed by atoms with Crippen LogP contribution in [0.25, 0.3) is 0 Å². The summed E-state index contributed by atoms with van der Waals surface area (Å²) < 4.78 is 44.6. The zero-order valence-electron chi connectivity index (χ0n) is 12.8. The molecule has 2 amide bonds. The number of halogens is 3. The lowest BCUT2D eigenvalue weighted by Gasteiger charge is -2.34. The second kappa shape index (κ2) is 7.63. The highest BCUT2D eigenvalue weighted by atomic mass is 19.2. The van der Waals surface area contributed by atoms with Crippen LogP contribution in [0.5, 0.6) is 0 Å². The molecule has 1 aromatic carbocycles. The lowest BCUT2D eigenvalue weighted by atomic mass is 9.79. The van der Waals surface area contributed by atoms with E-state index in [0.717, 1.165) is 6.07 Å². The third kappa shape index (κ3) is 3.85. The first-order valence-corrected chi connectivity index (χ1v) is 7.39. The van der Waals surface area contributed by atoms with Crippen molar-refractivity contribution in [1.82, 2.24) is 5.32 Å². The third-order valence-electron chi connectivity index (χ3n) is 4.04. The number of ether oxygens (including phenoxy) is 1. The Kier molecular flexibility index (Phi) is 5.79. The fraction of sp³-hybridized carbons (Fsp3) is 0.467. The lowest BCUT2D eigenvalue weighted by molar-refractivity contribution is -0.137. The van der Waals surface area contributed by atoms with Gasteiger partial charge in [-0.3, -0.25) is 9.59 Å². The maximum absolute atomic E-state index is 13.5. The molecule has 0 saturated carbocycles. The number of carbonyl (C=O) groups is 2. The van der Waals surface area contributed by atoms with E-state index in [-0.39, 0.29) is 6.54 Å². The van der Waals surface area contributed by atoms with E-state index in [2.05, 4.69) is 10.6 Å². The molecule has 1 heterocycles. The maximum Gasteiger partial charge on any atom is 0.243 e. The van der Waals surface area contributed by atoms with Crippen molar-refractivity contribution >= 4 is 17.5 Å². The molecule has 6 nitrogen and oxygen atoms in total. The fourth-order valence-electron chi connectivity index (χ4n) is 2.45. The van der Waals surface area contributed by atoms with Gasteiger partial charge in [0.2, 0.25) is 11.8 Å². The highest BCUT2D eigenvalue weighted by Crippen LogP contribution is 2.29. The van der Waals surface area contributed by atoms with Crippen molar-refractivity contribution in [2.24, 2.45) is 11.1 Å². The lowest BCUT2D eigenvalue weighted by Crippen LogP contribution is -2.50. The number of benzene rings is 1. The van der Waals surface area contributed by atoms with E-state index >= 15 is 0 Å². The predicted octanol–water partition coefficient (Wildman–Crippen LogP) is 0.914. The minimum absolute atomic E-state index is 0.113. The van der Waals surface area contributed by atoms with Crippen molar-refractivity contribution in [2.45, 2.75) is 12.8 Å². The molecule has 1 aliphatic heterocycles. The Morgan fingerprint density at radius 3 is 2.46 bits per heavy atom. The molecule has 0 aromatic heterocycles. The summed E-state index contributed by atoms with van der Waals surface area (Å²) in [4.78, 5) is 24.0. The average Bonchev–Trinajstić information content (AvgIpc) is 2.60. The van der Waals surface area contributed by atoms with Crippen molar-refractivity contribution < 1.29 is 27.5 Å². The van der Waals surface area contributed by atoms with E-state index in [1.165, 1.54) is 0 Å². The Balaban J connectivity index is 1.93. The molecule has 9 heteroatoms. The van der Waals surface area contributed by atoms with Crippen LogP contribution in [0.1, 0.15) is 12.8 Å². The highest BCUT2D eigenvalue weighted by Gasteiger charge is 2.38. The first kappa shape index (κ1) is 18.2. The number of amides is 2. The molecule has 2 rings (SSSR count). The van der Waals surface area contributed by atoms with Crippen LogP contribution in [0, 0.1) is 22.9 Å². The number of carbonyl (C=O) groups excluding carboxylic acids is 2. The Labute approximate surface area is 136 Å². The fourth-order valence-corrected chi connectivity index (χ4v) is 2.45. The molecule has 0 spiro atoms. The third-order valence-corrected chi connectivity index (χ3v) is 4.04. The normalized spacial score (nSPS) is 16.5. The van der Waals surface area contributed by atoms with E-state index in [9.17, 15) is 22.8 Å². The van der Waals surface area contributed by atoms with Gasteiger partial charge >= 0.3 is 0 Å². The summed E-state index contributed by atoms with van der Waals surface area (Å²) in [7, 11) is 0. The molecule has 1 fully saturated rings. The van der Waals surface area contributed by atoms with Gasteiger partial charge in [0.15, 0.2) is 17.5 Å². The molecule has 24 heavy (non-hydrogen) atoms. The monoisotopic (exact) mass is 345 g/mol. The van der Waals surface area contributed by atoms with Gasteiger partial charge in [-0.15, -0.1) is 0 Å². The zero-order chi connectivity index (χ0) is 17.7. The molecule has 1 aromatic rings. The molecule has 0 bridgehead atoms. The molecule has 4 N–H and O–H groups in total. The molecule has 132 valence electrons. The summed E-state index contributed by atoms with van der Waals surface area (Å²) in [6, 6.07) is 1.59. The van der Waals surface area contributed by atoms with Crippen LogP contribution < -0.4 is 16.4 Å². The van der Waals surface area contributed by atoms with E-state index in [0.29, 0.717) is 32.1 Å². The molecule has 0 aliphatic carbocycles. The van der Waals surface area contributed by atoms with Gasteiger partial charge in [-0.2, -0.15) is 0 Å². The van der Waals surface area contributed by atoms with E-state index in [4.69, 9.17) is 10.5 Å². The average molecular weight is 345 g/mol. The highest BCUT2D eigenvalue weighted by molar-refractivity contribution is 5.95. The van der Waals surface area contributed by atoms with Crippen molar-refractivity contribution in [1.29, 1.82) is 0 Å². The first-order chi connectivity index (χ1) is 11.4. The SMILES string of the molecule is NCC1(C(=O)NCC(=O)Nc2ccc(F)c(F)c2F)CCOCC1. The van der Waals surface area contributed by atoms with Gasteiger partial charge in [-0.25, -0.2) is 13.2 Å². The molecule has 0 radical (unpaired) electrons. The van der Waals surface area contributed by atoms with E-state index in [1.54, 1.807) is 0 Å². The minimum Gasteiger partial charge on any atom is -0.381 e. The Hall–Kier alpha value is -2.13. The topological polar surface area (TPSA) is 93.5 Å². The largest absolute Gasteiger partial charge is 0.381 e. The van der Waals surface area contributed by atoms with Crippen molar-refractivity contribution in [2.75, 3.05) is 31.6 Å². The quantitative estimate of drug-likeness (QED) is 0.692. The summed E-state index contributed by atoms with van der Waals surface area (Å²) in [6.07, 6.45) is 0.878. The van der Waals surface area contributed by atoms with Crippen LogP contribution in [0.2, 0.25) is 0 Å². The van der Waals surface area contributed by atoms with Gasteiger partial charge in [0.05, 0.1) is 17.6 Å². The van der Waals surface area contributed by atoms with Crippen LogP contribution in [0.15, 0.2) is 12.1 Å². The van der Waals surface area contributed by atoms with Crippen molar-refractivity contribution in [3.8, 4) is 0 Å². The summed E-state index contributed by atoms with van der Waals surface area (Å²) in [5.41, 5.74) is 4.37. The summed E-state index contributed by atoms with van der Waals surface area (Å²) in [5, 5.41) is 4.51. The van der Waals surface area contributed by atoms with Crippen LogP contribution in [-0.2, 0) is 14.3 Å². The minimum atomic E-state index is -1.68. The van der Waals surface area contributed by atoms with Crippen LogP contribution >= 0.6 is 0 Å². The van der Waals surface area contributed by atoms with Gasteiger partial charge in [0.25, 0.3) is 0 Å². The number of nitrogens with one attached hydrogen (secondary N) is 2. The van der Waals surface area contributed by atoms with Crippen LogP contribution in [0.4, 0.5) is 18.9 Å². The van der Waals surface area contributed by atoms with Crippen LogP contribution in [-0.4, -0.2) is 38.1 Å². The number of nitrogens with two attached hydrogens (primary N) is 1. The van der Waals surface area contributed by atoms with Gasteiger partial charge < -0.3 is 21.1 Å². The van der Waals surface area contributed by atoms with Gasteiger partial charge in [-0.05, 0) is 25.0 Å². The van der Waals surface area contributed by atoms with Crippen LogP contribution in [0.3, 0.4) is 0 Å². The van der Waals surface area contributed by atoms with E-state index in [1.807, 2.05) is 0 Å². The smallest absolute Gasteiger partial charge is 0.243 e. The standard InChI is InChI=1S/C15H18F3N3O3/c16-9-1-2-10(13(18)12(9)17)21-11(22)7-20-14(23)15(8-19)3-5-24-6-4-15/h1-2H,3-8,19H2,(H,20,23)(H,21,22). The molecule has 0 unspecified atom stereocenters. The Morgan fingerprint density at radius 1 is 1.17 bits per heavy atom. The van der Waals surface area contributed by atoms with E-state index < -0.39 is 46.9 Å². The molecule has 1 saturated heterocycles. The number of anilines is 1. The van der Waals surface area contributed by atoms with Gasteiger partial charge in [0.1, 0.15) is 0 Å². The molecular formula is C15H18F3N3O3. The number of hydrogen-bond donors (Lipinski definition) is 3. The number of hydrogen-bond acceptors (Lipinski definition) is 4. The second-order valence-corrected chi connectivity index (χ2v) is 5.55. The predicted molar refractivity (Wildman–Crippen MR) is 79.5 cm³/mol. The summed E-state index contributed by atoms with van der Waals surface area (Å²) in [6.45, 7) is 0.468. The molecule has 1 aliphatic rings. The summed E-state index contributed by atoms with van der Waals surface area (Å²) >= 11 is 0. The van der Waals surface area contributed by atoms with Gasteiger partial charge in [0, 0.05) is 19.8 Å². The Bertz CT molecular complexity index is 634. The van der Waals surface area contributed by atoms with Crippen molar-refractivity contribution in [3.63, 3.8) is 0 Å². The number of rotatable bonds is 5. The first-order valence-electron chi connectivity index (χ1n) is 7.39. The maximum atomic E-state index is 13.5. The zero-order valence-corrected chi connectivity index (χ0v) is 12.8. The van der Waals surface area contributed by atoms with Gasteiger partial charge in [-0.1, -0.05) is 0 Å². The van der Waals surface area contributed by atoms with Crippen molar-refractivity contribution in [3.05, 3.63) is 29.6 Å². The Morgan fingerprint density at radius 2 is 1.83 bits per heavy atom. The molecule has 0 atom stereocenters. The summed E-state index contributed by atoms with van der Waals surface area (Å²) in [5.74, 6) is -5.71.